The summed E-state index contributed by atoms with van der Waals surface area (Å²) in [6, 6.07) is 0. The van der Waals surface area contributed by atoms with Gasteiger partial charge in [-0.05, 0) is 13.3 Å². The predicted molar refractivity (Wildman–Crippen MR) is 47.9 cm³/mol. The molecule has 0 unspecified atom stereocenters. The quantitative estimate of drug-likeness (QED) is 0.409. The summed E-state index contributed by atoms with van der Waals surface area (Å²) in [5.41, 5.74) is 1.31. The third kappa shape index (κ3) is 5.10. The molecule has 0 saturated heterocycles. The Hall–Kier alpha value is -1.04. The van der Waals surface area contributed by atoms with Gasteiger partial charge < -0.3 is 0 Å². The summed E-state index contributed by atoms with van der Waals surface area (Å²) in [7, 11) is 0. The molecule has 0 aliphatic heterocycles. The molecule has 0 aliphatic rings. The molecule has 0 aromatic heterocycles. The van der Waals surface area contributed by atoms with Crippen molar-refractivity contribution in [3.05, 3.63) is 49.1 Å². The van der Waals surface area contributed by atoms with Gasteiger partial charge in [0.25, 0.3) is 0 Å². The monoisotopic (exact) mass is 134 g/mol. The van der Waals surface area contributed by atoms with Gasteiger partial charge in [-0.15, -0.1) is 6.58 Å². The number of hydrogen-bond donors (Lipinski definition) is 0. The molecule has 0 atom stereocenters. The van der Waals surface area contributed by atoms with Gasteiger partial charge in [0.1, 0.15) is 0 Å². The Morgan fingerprint density at radius 2 is 2.00 bits per heavy atom. The van der Waals surface area contributed by atoms with Gasteiger partial charge in [0.2, 0.25) is 0 Å². The molecule has 0 amide bonds. The highest BCUT2D eigenvalue weighted by molar-refractivity contribution is 5.15. The molecule has 0 rings (SSSR count). The predicted octanol–water partition coefficient (Wildman–Crippen LogP) is 3.25. The third-order valence-corrected chi connectivity index (χ3v) is 1.09. The van der Waals surface area contributed by atoms with Crippen LogP contribution >= 0.6 is 0 Å². The number of rotatable bonds is 4. The highest BCUT2D eigenvalue weighted by Gasteiger charge is 1.78. The first-order valence-corrected chi connectivity index (χ1v) is 3.37. The molecular formula is C10H14. The topological polar surface area (TPSA) is 0 Å². The van der Waals surface area contributed by atoms with E-state index in [2.05, 4.69) is 26.2 Å². The van der Waals surface area contributed by atoms with Crippen LogP contribution in [-0.2, 0) is 0 Å². The second kappa shape index (κ2) is 6.09. The van der Waals surface area contributed by atoms with E-state index in [1.165, 1.54) is 5.57 Å². The van der Waals surface area contributed by atoms with Crippen LogP contribution in [0.4, 0.5) is 0 Å². The van der Waals surface area contributed by atoms with Gasteiger partial charge in [-0.3, -0.25) is 0 Å². The van der Waals surface area contributed by atoms with E-state index in [0.717, 1.165) is 6.42 Å². The van der Waals surface area contributed by atoms with Gasteiger partial charge in [0, 0.05) is 0 Å². The van der Waals surface area contributed by atoms with Crippen molar-refractivity contribution < 1.29 is 0 Å². The molecule has 0 spiro atoms. The van der Waals surface area contributed by atoms with Crippen LogP contribution in [0.25, 0.3) is 0 Å². The van der Waals surface area contributed by atoms with Crippen LogP contribution in [0.5, 0.6) is 0 Å². The van der Waals surface area contributed by atoms with Crippen molar-refractivity contribution in [3.8, 4) is 0 Å². The van der Waals surface area contributed by atoms with Crippen molar-refractivity contribution in [1.82, 2.24) is 0 Å². The molecule has 0 bridgehead atoms. The summed E-state index contributed by atoms with van der Waals surface area (Å²) in [6.07, 6.45) is 10.6. The molecule has 0 fully saturated rings. The largest absolute Gasteiger partial charge is 0.103 e. The molecule has 0 aromatic rings. The summed E-state index contributed by atoms with van der Waals surface area (Å²) in [6.45, 7) is 9.29. The van der Waals surface area contributed by atoms with Crippen molar-refractivity contribution in [2.24, 2.45) is 0 Å². The van der Waals surface area contributed by atoms with E-state index in [0.29, 0.717) is 0 Å². The normalized spacial score (nSPS) is 11.9. The van der Waals surface area contributed by atoms with Crippen molar-refractivity contribution in [2.75, 3.05) is 0 Å². The maximum atomic E-state index is 3.64. The first-order chi connectivity index (χ1) is 4.81. The Kier molecular flexibility index (Phi) is 5.45. The molecule has 0 nitrogen and oxygen atoms in total. The standard InChI is InChI=1S/C10H14/c1-4-6-7-9-10(3)8-5-2/h4-7,9H,1-2,8H2,3H3. The van der Waals surface area contributed by atoms with Crippen LogP contribution in [0.3, 0.4) is 0 Å². The van der Waals surface area contributed by atoms with Crippen LogP contribution in [-0.4, -0.2) is 0 Å². The van der Waals surface area contributed by atoms with E-state index in [9.17, 15) is 0 Å². The van der Waals surface area contributed by atoms with Crippen molar-refractivity contribution in [2.45, 2.75) is 13.3 Å². The minimum Gasteiger partial charge on any atom is -0.103 e. The lowest BCUT2D eigenvalue weighted by atomic mass is 10.2. The molecule has 0 N–H and O–H groups in total. The molecule has 54 valence electrons. The lowest BCUT2D eigenvalue weighted by Crippen LogP contribution is -1.68. The molecule has 0 saturated carbocycles. The molecule has 0 radical (unpaired) electrons. The van der Waals surface area contributed by atoms with E-state index in [-0.39, 0.29) is 0 Å². The second-order valence-corrected chi connectivity index (χ2v) is 2.13. The van der Waals surface area contributed by atoms with Gasteiger partial charge >= 0.3 is 0 Å². The smallest absolute Gasteiger partial charge is 0.0141 e. The summed E-state index contributed by atoms with van der Waals surface area (Å²) in [5, 5.41) is 0. The van der Waals surface area contributed by atoms with E-state index < -0.39 is 0 Å². The lowest BCUT2D eigenvalue weighted by molar-refractivity contribution is 1.22. The SMILES string of the molecule is C=CC=CC=C(C)CC=C. The average molecular weight is 134 g/mol. The minimum absolute atomic E-state index is 0.960. The second-order valence-electron chi connectivity index (χ2n) is 2.13. The zero-order valence-corrected chi connectivity index (χ0v) is 6.51. The van der Waals surface area contributed by atoms with E-state index in [1.807, 2.05) is 18.2 Å². The fourth-order valence-electron chi connectivity index (χ4n) is 0.594. The van der Waals surface area contributed by atoms with Gasteiger partial charge in [0.05, 0.1) is 0 Å². The number of hydrogen-bond acceptors (Lipinski definition) is 0. The molecule has 0 aromatic carbocycles. The van der Waals surface area contributed by atoms with Crippen LogP contribution in [0, 0.1) is 0 Å². The fraction of sp³-hybridized carbons (Fsp3) is 0.200. The number of allylic oxidation sites excluding steroid dienone is 6. The maximum absolute atomic E-state index is 3.64. The third-order valence-electron chi connectivity index (χ3n) is 1.09. The van der Waals surface area contributed by atoms with Crippen molar-refractivity contribution in [3.63, 3.8) is 0 Å². The average Bonchev–Trinajstić information content (AvgIpc) is 1.89. The maximum Gasteiger partial charge on any atom is -0.0141 e. The summed E-state index contributed by atoms with van der Waals surface area (Å²) >= 11 is 0. The Bertz CT molecular complexity index is 159. The zero-order chi connectivity index (χ0) is 7.82. The van der Waals surface area contributed by atoms with E-state index >= 15 is 0 Å². The van der Waals surface area contributed by atoms with Gasteiger partial charge in [-0.1, -0.05) is 42.5 Å². The van der Waals surface area contributed by atoms with Crippen LogP contribution in [0.1, 0.15) is 13.3 Å². The molecule has 0 heteroatoms. The first kappa shape index (κ1) is 8.96. The zero-order valence-electron chi connectivity index (χ0n) is 6.51. The first-order valence-electron chi connectivity index (χ1n) is 3.37. The molecular weight excluding hydrogens is 120 g/mol. The Balaban J connectivity index is 3.77. The van der Waals surface area contributed by atoms with Gasteiger partial charge in [0.15, 0.2) is 0 Å². The summed E-state index contributed by atoms with van der Waals surface area (Å²) in [4.78, 5) is 0. The lowest BCUT2D eigenvalue weighted by Gasteiger charge is -1.89. The van der Waals surface area contributed by atoms with Crippen molar-refractivity contribution >= 4 is 0 Å². The van der Waals surface area contributed by atoms with Crippen molar-refractivity contribution in [1.29, 1.82) is 0 Å². The highest BCUT2D eigenvalue weighted by atomic mass is 13.8. The molecule has 0 aliphatic carbocycles. The Morgan fingerprint density at radius 3 is 2.50 bits per heavy atom. The Labute approximate surface area is 63.3 Å². The fourth-order valence-corrected chi connectivity index (χ4v) is 0.594. The Morgan fingerprint density at radius 1 is 1.30 bits per heavy atom. The molecule has 0 heterocycles. The minimum atomic E-state index is 0.960. The van der Waals surface area contributed by atoms with Crippen LogP contribution in [0.15, 0.2) is 49.1 Å². The van der Waals surface area contributed by atoms with Crippen LogP contribution in [0.2, 0.25) is 0 Å². The van der Waals surface area contributed by atoms with Crippen LogP contribution < -0.4 is 0 Å². The highest BCUT2D eigenvalue weighted by Crippen LogP contribution is 1.99. The van der Waals surface area contributed by atoms with E-state index in [1.54, 1.807) is 6.08 Å². The summed E-state index contributed by atoms with van der Waals surface area (Å²) in [5.74, 6) is 0. The summed E-state index contributed by atoms with van der Waals surface area (Å²) < 4.78 is 0. The van der Waals surface area contributed by atoms with Gasteiger partial charge in [-0.25, -0.2) is 0 Å². The van der Waals surface area contributed by atoms with E-state index in [4.69, 9.17) is 0 Å². The van der Waals surface area contributed by atoms with Gasteiger partial charge in [-0.2, -0.15) is 0 Å². The molecule has 10 heavy (non-hydrogen) atoms.